The Kier molecular flexibility index (Phi) is 5.55. The summed E-state index contributed by atoms with van der Waals surface area (Å²) < 4.78 is 0. The van der Waals surface area contributed by atoms with Crippen molar-refractivity contribution in [2.24, 2.45) is 0 Å². The van der Waals surface area contributed by atoms with Gasteiger partial charge in [-0.3, -0.25) is 0 Å². The molecule has 0 aliphatic carbocycles. The first kappa shape index (κ1) is 14.2. The molecule has 0 bridgehead atoms. The predicted molar refractivity (Wildman–Crippen MR) is 82.8 cm³/mol. The number of hydrogen-bond acceptors (Lipinski definition) is 3. The molecule has 1 aromatic heterocycles. The fraction of sp³-hybridized carbons (Fsp3) is 0.438. The second-order valence-corrected chi connectivity index (χ2v) is 5.95. The zero-order chi connectivity index (χ0) is 13.5. The van der Waals surface area contributed by atoms with Crippen molar-refractivity contribution in [1.82, 2.24) is 10.3 Å². The van der Waals surface area contributed by atoms with Crippen LogP contribution in [-0.2, 0) is 12.8 Å². The van der Waals surface area contributed by atoms with Gasteiger partial charge in [0.15, 0.2) is 0 Å². The van der Waals surface area contributed by atoms with Gasteiger partial charge in [0, 0.05) is 24.0 Å². The molecule has 102 valence electrons. The van der Waals surface area contributed by atoms with Crippen LogP contribution >= 0.6 is 11.3 Å². The van der Waals surface area contributed by atoms with E-state index in [0.29, 0.717) is 6.04 Å². The van der Waals surface area contributed by atoms with E-state index in [-0.39, 0.29) is 0 Å². The number of benzene rings is 1. The molecule has 0 aliphatic rings. The van der Waals surface area contributed by atoms with E-state index in [2.05, 4.69) is 53.8 Å². The van der Waals surface area contributed by atoms with Gasteiger partial charge in [-0.1, -0.05) is 36.8 Å². The third-order valence-corrected chi connectivity index (χ3v) is 3.95. The Balaban J connectivity index is 2.00. The van der Waals surface area contributed by atoms with Crippen LogP contribution in [0.2, 0.25) is 0 Å². The Bertz CT molecular complexity index is 479. The van der Waals surface area contributed by atoms with Crippen LogP contribution in [0.15, 0.2) is 35.8 Å². The number of nitrogens with one attached hydrogen (secondary N) is 1. The average Bonchev–Trinajstić information content (AvgIpc) is 2.89. The second kappa shape index (κ2) is 7.41. The standard InChI is InChI=1S/C16H22N2S/c1-3-7-17-15(12-16-18-8-9-19-16)11-14-6-4-5-13(2)10-14/h4-6,8-10,15,17H,3,7,11-12H2,1-2H3. The number of nitrogens with zero attached hydrogens (tertiary/aromatic N) is 1. The van der Waals surface area contributed by atoms with E-state index < -0.39 is 0 Å². The third-order valence-electron chi connectivity index (χ3n) is 3.15. The van der Waals surface area contributed by atoms with E-state index in [1.807, 2.05) is 6.20 Å². The lowest BCUT2D eigenvalue weighted by atomic mass is 10.0. The highest BCUT2D eigenvalue weighted by Gasteiger charge is 2.11. The molecule has 0 saturated carbocycles. The molecule has 19 heavy (non-hydrogen) atoms. The van der Waals surface area contributed by atoms with Gasteiger partial charge in [0.25, 0.3) is 0 Å². The van der Waals surface area contributed by atoms with Gasteiger partial charge in [0.2, 0.25) is 0 Å². The van der Waals surface area contributed by atoms with Crippen molar-refractivity contribution in [3.8, 4) is 0 Å². The average molecular weight is 274 g/mol. The molecular weight excluding hydrogens is 252 g/mol. The summed E-state index contributed by atoms with van der Waals surface area (Å²) in [6, 6.07) is 9.27. The first-order chi connectivity index (χ1) is 9.28. The van der Waals surface area contributed by atoms with Crippen LogP contribution in [0.1, 0.15) is 29.5 Å². The SMILES string of the molecule is CCCNC(Cc1cccc(C)c1)Cc1nccs1. The van der Waals surface area contributed by atoms with Crippen molar-refractivity contribution in [2.45, 2.75) is 39.2 Å². The van der Waals surface area contributed by atoms with Gasteiger partial charge in [-0.25, -0.2) is 4.98 Å². The summed E-state index contributed by atoms with van der Waals surface area (Å²) in [5.41, 5.74) is 2.74. The Labute approximate surface area is 119 Å². The Morgan fingerprint density at radius 3 is 2.89 bits per heavy atom. The molecule has 1 N–H and O–H groups in total. The van der Waals surface area contributed by atoms with E-state index >= 15 is 0 Å². The molecule has 2 rings (SSSR count). The topological polar surface area (TPSA) is 24.9 Å². The molecule has 1 aromatic carbocycles. The lowest BCUT2D eigenvalue weighted by Crippen LogP contribution is -2.33. The van der Waals surface area contributed by atoms with Gasteiger partial charge in [-0.15, -0.1) is 11.3 Å². The maximum absolute atomic E-state index is 4.40. The van der Waals surface area contributed by atoms with Crippen molar-refractivity contribution in [3.63, 3.8) is 0 Å². The highest BCUT2D eigenvalue weighted by atomic mass is 32.1. The highest BCUT2D eigenvalue weighted by Crippen LogP contribution is 2.12. The van der Waals surface area contributed by atoms with Gasteiger partial charge < -0.3 is 5.32 Å². The summed E-state index contributed by atoms with van der Waals surface area (Å²) in [7, 11) is 0. The monoisotopic (exact) mass is 274 g/mol. The van der Waals surface area contributed by atoms with Crippen molar-refractivity contribution < 1.29 is 0 Å². The zero-order valence-corrected chi connectivity index (χ0v) is 12.5. The van der Waals surface area contributed by atoms with E-state index in [0.717, 1.165) is 19.4 Å². The van der Waals surface area contributed by atoms with Crippen molar-refractivity contribution in [2.75, 3.05) is 6.54 Å². The van der Waals surface area contributed by atoms with Crippen LogP contribution in [0.3, 0.4) is 0 Å². The molecule has 1 unspecified atom stereocenters. The van der Waals surface area contributed by atoms with Crippen LogP contribution in [0, 0.1) is 6.92 Å². The molecule has 0 radical (unpaired) electrons. The van der Waals surface area contributed by atoms with Gasteiger partial charge in [-0.05, 0) is 31.9 Å². The molecule has 0 aliphatic heterocycles. The Morgan fingerprint density at radius 1 is 1.32 bits per heavy atom. The summed E-state index contributed by atoms with van der Waals surface area (Å²) in [4.78, 5) is 4.40. The van der Waals surface area contributed by atoms with Crippen LogP contribution < -0.4 is 5.32 Å². The van der Waals surface area contributed by atoms with E-state index in [1.165, 1.54) is 22.6 Å². The zero-order valence-electron chi connectivity index (χ0n) is 11.7. The van der Waals surface area contributed by atoms with E-state index in [9.17, 15) is 0 Å². The molecule has 0 saturated heterocycles. The lowest BCUT2D eigenvalue weighted by Gasteiger charge is -2.17. The van der Waals surface area contributed by atoms with Gasteiger partial charge in [0.1, 0.15) is 0 Å². The summed E-state index contributed by atoms with van der Waals surface area (Å²) in [6.07, 6.45) is 5.15. The summed E-state index contributed by atoms with van der Waals surface area (Å²) in [5.74, 6) is 0. The summed E-state index contributed by atoms with van der Waals surface area (Å²) in [6.45, 7) is 5.43. The van der Waals surface area contributed by atoms with Crippen molar-refractivity contribution >= 4 is 11.3 Å². The highest BCUT2D eigenvalue weighted by molar-refractivity contribution is 7.09. The van der Waals surface area contributed by atoms with Crippen LogP contribution in [0.5, 0.6) is 0 Å². The molecule has 3 heteroatoms. The van der Waals surface area contributed by atoms with Gasteiger partial charge in [0.05, 0.1) is 5.01 Å². The maximum Gasteiger partial charge on any atom is 0.0940 e. The van der Waals surface area contributed by atoms with Crippen molar-refractivity contribution in [3.05, 3.63) is 52.0 Å². The summed E-state index contributed by atoms with van der Waals surface area (Å²) in [5, 5.41) is 6.92. The molecule has 2 aromatic rings. The van der Waals surface area contributed by atoms with E-state index in [1.54, 1.807) is 11.3 Å². The van der Waals surface area contributed by atoms with Crippen LogP contribution in [0.25, 0.3) is 0 Å². The quantitative estimate of drug-likeness (QED) is 0.834. The number of hydrogen-bond donors (Lipinski definition) is 1. The maximum atomic E-state index is 4.40. The minimum Gasteiger partial charge on any atom is -0.313 e. The number of thiazole rings is 1. The fourth-order valence-electron chi connectivity index (χ4n) is 2.25. The van der Waals surface area contributed by atoms with Crippen LogP contribution in [-0.4, -0.2) is 17.6 Å². The first-order valence-corrected chi connectivity index (χ1v) is 7.83. The predicted octanol–water partition coefficient (Wildman–Crippen LogP) is 3.60. The van der Waals surface area contributed by atoms with Gasteiger partial charge in [-0.2, -0.15) is 0 Å². The molecule has 1 atom stereocenters. The molecule has 0 spiro atoms. The van der Waals surface area contributed by atoms with Gasteiger partial charge >= 0.3 is 0 Å². The second-order valence-electron chi connectivity index (χ2n) is 4.97. The minimum absolute atomic E-state index is 0.480. The molecule has 1 heterocycles. The van der Waals surface area contributed by atoms with Crippen molar-refractivity contribution in [1.29, 1.82) is 0 Å². The number of aromatic nitrogens is 1. The molecule has 0 fully saturated rings. The van der Waals surface area contributed by atoms with Crippen LogP contribution in [0.4, 0.5) is 0 Å². The molecule has 2 nitrogen and oxygen atoms in total. The Hall–Kier alpha value is -1.19. The number of rotatable bonds is 7. The smallest absolute Gasteiger partial charge is 0.0940 e. The van der Waals surface area contributed by atoms with E-state index in [4.69, 9.17) is 0 Å². The third kappa shape index (κ3) is 4.77. The lowest BCUT2D eigenvalue weighted by molar-refractivity contribution is 0.504. The largest absolute Gasteiger partial charge is 0.313 e. The first-order valence-electron chi connectivity index (χ1n) is 6.95. The molecular formula is C16H22N2S. The Morgan fingerprint density at radius 2 is 2.21 bits per heavy atom. The normalized spacial score (nSPS) is 12.5. The minimum atomic E-state index is 0.480. The fourth-order valence-corrected chi connectivity index (χ4v) is 2.95. The number of aryl methyl sites for hydroxylation is 1. The summed E-state index contributed by atoms with van der Waals surface area (Å²) >= 11 is 1.75. The molecule has 0 amide bonds.